The van der Waals surface area contributed by atoms with Gasteiger partial charge in [0, 0.05) is 32.2 Å². The van der Waals surface area contributed by atoms with Crippen LogP contribution < -0.4 is 4.90 Å². The normalized spacial score (nSPS) is 27.6. The molecule has 1 aromatic rings. The predicted octanol–water partition coefficient (Wildman–Crippen LogP) is 0.742. The average molecular weight is 228 g/mol. The summed E-state index contributed by atoms with van der Waals surface area (Å²) in [4.78, 5) is 4.87. The van der Waals surface area contributed by atoms with Crippen LogP contribution in [0, 0.1) is 12.3 Å². The molecule has 4 heterocycles. The van der Waals surface area contributed by atoms with Gasteiger partial charge in [-0.15, -0.1) is 11.5 Å². The number of piperidine rings is 1. The van der Waals surface area contributed by atoms with Crippen molar-refractivity contribution in [3.05, 3.63) is 17.8 Å². The fourth-order valence-corrected chi connectivity index (χ4v) is 2.81. The van der Waals surface area contributed by atoms with Crippen LogP contribution in [0.15, 0.2) is 12.3 Å². The summed E-state index contributed by atoms with van der Waals surface area (Å²) < 4.78 is 0. The zero-order valence-electron chi connectivity index (χ0n) is 9.84. The number of rotatable bonds is 1. The van der Waals surface area contributed by atoms with Crippen LogP contribution in [0.1, 0.15) is 18.4 Å². The Morgan fingerprint density at radius 3 is 2.82 bits per heavy atom. The largest absolute Gasteiger partial charge is 0.350 e. The number of hydrogen-bond donors (Lipinski definition) is 0. The molecular formula is C13H16N4. The number of nitrogens with zero attached hydrogens (tertiary/aromatic N) is 4. The third-order valence-corrected chi connectivity index (χ3v) is 3.78. The highest BCUT2D eigenvalue weighted by atomic mass is 15.3. The lowest BCUT2D eigenvalue weighted by Gasteiger charge is -2.32. The van der Waals surface area contributed by atoms with Crippen molar-refractivity contribution in [1.29, 1.82) is 0 Å². The molecule has 4 nitrogen and oxygen atoms in total. The summed E-state index contributed by atoms with van der Waals surface area (Å²) >= 11 is 0. The highest BCUT2D eigenvalue weighted by Gasteiger charge is 2.30. The zero-order valence-corrected chi connectivity index (χ0v) is 9.84. The maximum absolute atomic E-state index is 5.54. The molecule has 4 rings (SSSR count). The second-order valence-corrected chi connectivity index (χ2v) is 4.68. The molecule has 3 fully saturated rings. The van der Waals surface area contributed by atoms with E-state index in [2.05, 4.69) is 25.9 Å². The van der Waals surface area contributed by atoms with Crippen molar-refractivity contribution >= 4 is 5.82 Å². The molecule has 0 spiro atoms. The molecule has 0 aromatic carbocycles. The van der Waals surface area contributed by atoms with Crippen molar-refractivity contribution in [3.63, 3.8) is 0 Å². The van der Waals surface area contributed by atoms with Gasteiger partial charge in [-0.25, -0.2) is 0 Å². The Morgan fingerprint density at radius 2 is 2.06 bits per heavy atom. The van der Waals surface area contributed by atoms with E-state index >= 15 is 0 Å². The van der Waals surface area contributed by atoms with Crippen LogP contribution in [-0.4, -0.2) is 47.3 Å². The lowest BCUT2D eigenvalue weighted by molar-refractivity contribution is 0.250. The highest BCUT2D eigenvalue weighted by molar-refractivity contribution is 5.54. The summed E-state index contributed by atoms with van der Waals surface area (Å²) in [6.45, 7) is 4.52. The van der Waals surface area contributed by atoms with Crippen molar-refractivity contribution in [2.45, 2.75) is 18.9 Å². The Balaban J connectivity index is 1.95. The Labute approximate surface area is 102 Å². The highest BCUT2D eigenvalue weighted by Crippen LogP contribution is 2.26. The molecule has 0 N–H and O–H groups in total. The van der Waals surface area contributed by atoms with Crippen LogP contribution in [-0.2, 0) is 0 Å². The molecule has 88 valence electrons. The molecule has 0 amide bonds. The van der Waals surface area contributed by atoms with E-state index in [1.807, 2.05) is 6.07 Å². The fourth-order valence-electron chi connectivity index (χ4n) is 2.81. The molecule has 0 radical (unpaired) electrons. The molecule has 3 aliphatic rings. The monoisotopic (exact) mass is 228 g/mol. The van der Waals surface area contributed by atoms with Crippen LogP contribution >= 0.6 is 0 Å². The quantitative estimate of drug-likeness (QED) is 0.664. The third-order valence-electron chi connectivity index (χ3n) is 3.78. The minimum absolute atomic E-state index is 0.581. The van der Waals surface area contributed by atoms with E-state index in [4.69, 9.17) is 6.42 Å². The van der Waals surface area contributed by atoms with Crippen LogP contribution in [0.2, 0.25) is 0 Å². The van der Waals surface area contributed by atoms with E-state index in [-0.39, 0.29) is 0 Å². The molecule has 0 atom stereocenters. The van der Waals surface area contributed by atoms with Crippen molar-refractivity contribution < 1.29 is 0 Å². The average Bonchev–Trinajstić information content (AvgIpc) is 2.72. The lowest BCUT2D eigenvalue weighted by atomic mass is 10.0. The van der Waals surface area contributed by atoms with Crippen molar-refractivity contribution in [2.24, 2.45) is 0 Å². The van der Waals surface area contributed by atoms with Gasteiger partial charge in [-0.05, 0) is 18.9 Å². The molecule has 1 aromatic heterocycles. The summed E-state index contributed by atoms with van der Waals surface area (Å²) in [6.07, 6.45) is 9.62. The fraction of sp³-hybridized carbons (Fsp3) is 0.538. The van der Waals surface area contributed by atoms with Gasteiger partial charge in [0.2, 0.25) is 0 Å². The summed E-state index contributed by atoms with van der Waals surface area (Å²) in [5.74, 6) is 3.61. The molecule has 0 aliphatic carbocycles. The van der Waals surface area contributed by atoms with Gasteiger partial charge in [0.05, 0.1) is 11.8 Å². The SMILES string of the molecule is C#Cc1ccnnc1N1CCN2CCC1CC2. The predicted molar refractivity (Wildman–Crippen MR) is 66.8 cm³/mol. The summed E-state index contributed by atoms with van der Waals surface area (Å²) in [5.41, 5.74) is 0.861. The molecule has 3 aliphatic heterocycles. The van der Waals surface area contributed by atoms with Crippen molar-refractivity contribution in [3.8, 4) is 12.3 Å². The van der Waals surface area contributed by atoms with Crippen LogP contribution in [0.5, 0.6) is 0 Å². The van der Waals surface area contributed by atoms with Gasteiger partial charge in [-0.2, -0.15) is 5.10 Å². The van der Waals surface area contributed by atoms with E-state index in [0.29, 0.717) is 6.04 Å². The first kappa shape index (κ1) is 10.5. The van der Waals surface area contributed by atoms with Crippen molar-refractivity contribution in [2.75, 3.05) is 31.1 Å². The molecule has 4 heteroatoms. The maximum Gasteiger partial charge on any atom is 0.167 e. The molecule has 0 saturated carbocycles. The zero-order chi connectivity index (χ0) is 11.7. The third kappa shape index (κ3) is 1.87. The molecular weight excluding hydrogens is 212 g/mol. The van der Waals surface area contributed by atoms with E-state index in [1.165, 1.54) is 25.9 Å². The number of terminal acetylenes is 1. The van der Waals surface area contributed by atoms with Gasteiger partial charge in [0.25, 0.3) is 0 Å². The van der Waals surface area contributed by atoms with Crippen molar-refractivity contribution in [1.82, 2.24) is 15.1 Å². The smallest absolute Gasteiger partial charge is 0.167 e. The maximum atomic E-state index is 5.54. The van der Waals surface area contributed by atoms with Crippen LogP contribution in [0.25, 0.3) is 0 Å². The number of aromatic nitrogens is 2. The molecule has 0 unspecified atom stereocenters. The Bertz CT molecular complexity index is 443. The Morgan fingerprint density at radius 1 is 1.24 bits per heavy atom. The number of hydrogen-bond acceptors (Lipinski definition) is 4. The molecule has 2 bridgehead atoms. The molecule has 17 heavy (non-hydrogen) atoms. The van der Waals surface area contributed by atoms with E-state index < -0.39 is 0 Å². The second kappa shape index (κ2) is 4.34. The Hall–Kier alpha value is -1.60. The number of fused-ring (bicyclic) bond motifs is 4. The second-order valence-electron chi connectivity index (χ2n) is 4.68. The van der Waals surface area contributed by atoms with Gasteiger partial charge in [0.1, 0.15) is 0 Å². The first-order chi connectivity index (χ1) is 8.38. The standard InChI is InChI=1S/C13H16N4/c1-2-11-3-6-14-15-13(11)17-10-9-16-7-4-12(17)5-8-16/h1,3,6,12H,4-5,7-10H2. The van der Waals surface area contributed by atoms with E-state index in [0.717, 1.165) is 24.5 Å². The van der Waals surface area contributed by atoms with E-state index in [1.54, 1.807) is 6.20 Å². The Kier molecular flexibility index (Phi) is 2.69. The van der Waals surface area contributed by atoms with Crippen LogP contribution in [0.3, 0.4) is 0 Å². The van der Waals surface area contributed by atoms with Crippen LogP contribution in [0.4, 0.5) is 5.82 Å². The number of anilines is 1. The van der Waals surface area contributed by atoms with Gasteiger partial charge in [-0.3, -0.25) is 0 Å². The minimum atomic E-state index is 0.581. The van der Waals surface area contributed by atoms with Gasteiger partial charge >= 0.3 is 0 Å². The minimum Gasteiger partial charge on any atom is -0.350 e. The summed E-state index contributed by atoms with van der Waals surface area (Å²) in [6, 6.07) is 2.46. The summed E-state index contributed by atoms with van der Waals surface area (Å²) in [5, 5.41) is 8.23. The topological polar surface area (TPSA) is 32.3 Å². The lowest BCUT2D eigenvalue weighted by Crippen LogP contribution is -2.38. The molecule has 3 saturated heterocycles. The first-order valence-electron chi connectivity index (χ1n) is 6.16. The summed E-state index contributed by atoms with van der Waals surface area (Å²) in [7, 11) is 0. The van der Waals surface area contributed by atoms with Gasteiger partial charge in [0.15, 0.2) is 5.82 Å². The van der Waals surface area contributed by atoms with Gasteiger partial charge < -0.3 is 9.80 Å². The first-order valence-corrected chi connectivity index (χ1v) is 6.16. The van der Waals surface area contributed by atoms with E-state index in [9.17, 15) is 0 Å². The van der Waals surface area contributed by atoms with Gasteiger partial charge in [-0.1, -0.05) is 5.92 Å².